The van der Waals surface area contributed by atoms with Gasteiger partial charge in [0, 0.05) is 11.4 Å². The minimum absolute atomic E-state index is 0.0681. The van der Waals surface area contributed by atoms with Crippen molar-refractivity contribution in [2.75, 3.05) is 0 Å². The highest BCUT2D eigenvalue weighted by atomic mass is 32.1. The number of nitrogens with two attached hydrogens (primary N) is 1. The van der Waals surface area contributed by atoms with Crippen LogP contribution in [0.25, 0.3) is 0 Å². The Kier molecular flexibility index (Phi) is 4.54. The molecule has 1 aromatic heterocycles. The Bertz CT molecular complexity index is 382. The molecule has 1 unspecified atom stereocenters. The molecule has 4 nitrogen and oxygen atoms in total. The summed E-state index contributed by atoms with van der Waals surface area (Å²) in [5, 5.41) is 4.80. The van der Waals surface area contributed by atoms with E-state index < -0.39 is 11.7 Å². The van der Waals surface area contributed by atoms with Crippen LogP contribution in [0.1, 0.15) is 44.2 Å². The fourth-order valence-electron chi connectivity index (χ4n) is 1.30. The summed E-state index contributed by atoms with van der Waals surface area (Å²) < 4.78 is 5.19. The lowest BCUT2D eigenvalue weighted by Gasteiger charge is -2.21. The minimum Gasteiger partial charge on any atom is -0.444 e. The van der Waals surface area contributed by atoms with Gasteiger partial charge in [-0.05, 0) is 44.7 Å². The molecule has 5 heteroatoms. The molecular formula is C12H20N2O2S. The molecule has 0 aliphatic heterocycles. The zero-order valence-corrected chi connectivity index (χ0v) is 11.6. The van der Waals surface area contributed by atoms with Gasteiger partial charge in [-0.1, -0.05) is 0 Å². The molecule has 1 heterocycles. The summed E-state index contributed by atoms with van der Waals surface area (Å²) >= 11 is 1.60. The lowest BCUT2D eigenvalue weighted by atomic mass is 10.1. The third-order valence-corrected chi connectivity index (χ3v) is 3.09. The first kappa shape index (κ1) is 14.0. The van der Waals surface area contributed by atoms with Gasteiger partial charge >= 0.3 is 6.09 Å². The van der Waals surface area contributed by atoms with Crippen LogP contribution < -0.4 is 11.1 Å². The lowest BCUT2D eigenvalue weighted by molar-refractivity contribution is 0.0508. The normalized spacial score (nSPS) is 13.2. The Labute approximate surface area is 106 Å². The molecule has 0 aliphatic carbocycles. The molecule has 0 aromatic carbocycles. The third-order valence-electron chi connectivity index (χ3n) is 2.11. The van der Waals surface area contributed by atoms with Crippen molar-refractivity contribution >= 4 is 17.4 Å². The van der Waals surface area contributed by atoms with Crippen LogP contribution in [0.3, 0.4) is 0 Å². The summed E-state index contributed by atoms with van der Waals surface area (Å²) in [5.41, 5.74) is 6.13. The number of thiophene rings is 1. The maximum Gasteiger partial charge on any atom is 0.408 e. The molecule has 0 fully saturated rings. The van der Waals surface area contributed by atoms with Gasteiger partial charge in [-0.25, -0.2) is 4.79 Å². The van der Waals surface area contributed by atoms with Crippen LogP contribution in [0.2, 0.25) is 0 Å². The SMILES string of the molecule is CC(NC(=O)OC(C)(C)C)c1csc(CN)c1. The molecule has 0 bridgehead atoms. The van der Waals surface area contributed by atoms with Gasteiger partial charge in [0.1, 0.15) is 5.60 Å². The first-order valence-electron chi connectivity index (χ1n) is 5.58. The van der Waals surface area contributed by atoms with E-state index in [2.05, 4.69) is 5.32 Å². The second kappa shape index (κ2) is 5.51. The van der Waals surface area contributed by atoms with Gasteiger partial charge in [-0.3, -0.25) is 0 Å². The van der Waals surface area contributed by atoms with E-state index in [-0.39, 0.29) is 6.04 Å². The van der Waals surface area contributed by atoms with Crippen molar-refractivity contribution < 1.29 is 9.53 Å². The first-order chi connectivity index (χ1) is 7.81. The molecule has 0 radical (unpaired) electrons. The predicted molar refractivity (Wildman–Crippen MR) is 70.0 cm³/mol. The number of rotatable bonds is 3. The number of carbonyl (C=O) groups is 1. The monoisotopic (exact) mass is 256 g/mol. The molecule has 3 N–H and O–H groups in total. The number of nitrogens with one attached hydrogen (secondary N) is 1. The van der Waals surface area contributed by atoms with Gasteiger partial charge in [0.05, 0.1) is 6.04 Å². The van der Waals surface area contributed by atoms with Crippen LogP contribution in [-0.4, -0.2) is 11.7 Å². The average Bonchev–Trinajstić information content (AvgIpc) is 2.62. The Morgan fingerprint density at radius 2 is 2.24 bits per heavy atom. The predicted octanol–water partition coefficient (Wildman–Crippen LogP) is 2.79. The van der Waals surface area contributed by atoms with Crippen LogP contribution in [0.5, 0.6) is 0 Å². The summed E-state index contributed by atoms with van der Waals surface area (Å²) in [6.07, 6.45) is -0.398. The average molecular weight is 256 g/mol. The van der Waals surface area contributed by atoms with Crippen LogP contribution in [0, 0.1) is 0 Å². The van der Waals surface area contributed by atoms with Gasteiger partial charge in [-0.2, -0.15) is 0 Å². The van der Waals surface area contributed by atoms with Crippen molar-refractivity contribution in [1.82, 2.24) is 5.32 Å². The molecule has 1 rings (SSSR count). The molecule has 0 saturated heterocycles. The molecule has 1 atom stereocenters. The largest absolute Gasteiger partial charge is 0.444 e. The van der Waals surface area contributed by atoms with E-state index >= 15 is 0 Å². The standard InChI is InChI=1S/C12H20N2O2S/c1-8(9-5-10(6-13)17-7-9)14-11(15)16-12(2,3)4/h5,7-8H,6,13H2,1-4H3,(H,14,15). The number of hydrogen-bond donors (Lipinski definition) is 2. The second-order valence-electron chi connectivity index (χ2n) is 4.92. The highest BCUT2D eigenvalue weighted by molar-refractivity contribution is 7.10. The van der Waals surface area contributed by atoms with Crippen LogP contribution in [0.15, 0.2) is 11.4 Å². The summed E-state index contributed by atoms with van der Waals surface area (Å²) in [6, 6.07) is 1.94. The molecule has 17 heavy (non-hydrogen) atoms. The number of ether oxygens (including phenoxy) is 1. The first-order valence-corrected chi connectivity index (χ1v) is 6.46. The van der Waals surface area contributed by atoms with Crippen LogP contribution in [-0.2, 0) is 11.3 Å². The molecule has 1 aromatic rings. The van der Waals surface area contributed by atoms with Crippen molar-refractivity contribution in [1.29, 1.82) is 0 Å². The van der Waals surface area contributed by atoms with Gasteiger partial charge in [-0.15, -0.1) is 11.3 Å². The van der Waals surface area contributed by atoms with E-state index in [1.165, 1.54) is 0 Å². The van der Waals surface area contributed by atoms with E-state index in [9.17, 15) is 4.79 Å². The summed E-state index contributed by atoms with van der Waals surface area (Å²) in [4.78, 5) is 12.7. The van der Waals surface area contributed by atoms with Crippen LogP contribution >= 0.6 is 11.3 Å². The number of hydrogen-bond acceptors (Lipinski definition) is 4. The minimum atomic E-state index is -0.471. The Morgan fingerprint density at radius 1 is 1.59 bits per heavy atom. The number of carbonyl (C=O) groups excluding carboxylic acids is 1. The van der Waals surface area contributed by atoms with Gasteiger partial charge in [0.25, 0.3) is 0 Å². The zero-order chi connectivity index (χ0) is 13.1. The summed E-state index contributed by atoms with van der Waals surface area (Å²) in [6.45, 7) is 7.98. The van der Waals surface area contributed by atoms with Gasteiger partial charge in [0.15, 0.2) is 0 Å². The quantitative estimate of drug-likeness (QED) is 0.874. The van der Waals surface area contributed by atoms with Crippen LogP contribution in [0.4, 0.5) is 4.79 Å². The van der Waals surface area contributed by atoms with E-state index in [0.29, 0.717) is 6.54 Å². The van der Waals surface area contributed by atoms with E-state index in [4.69, 9.17) is 10.5 Å². The number of amides is 1. The van der Waals surface area contributed by atoms with Gasteiger partial charge < -0.3 is 15.8 Å². The van der Waals surface area contributed by atoms with Crippen molar-refractivity contribution in [3.05, 3.63) is 21.9 Å². The molecule has 96 valence electrons. The van der Waals surface area contributed by atoms with E-state index in [1.54, 1.807) is 11.3 Å². The second-order valence-corrected chi connectivity index (χ2v) is 5.91. The fourth-order valence-corrected chi connectivity index (χ4v) is 2.16. The maximum absolute atomic E-state index is 11.6. The Hall–Kier alpha value is -1.07. The van der Waals surface area contributed by atoms with E-state index in [0.717, 1.165) is 10.4 Å². The number of alkyl carbamates (subject to hydrolysis) is 1. The lowest BCUT2D eigenvalue weighted by Crippen LogP contribution is -2.33. The maximum atomic E-state index is 11.6. The molecule has 0 saturated carbocycles. The Morgan fingerprint density at radius 3 is 2.71 bits per heavy atom. The topological polar surface area (TPSA) is 64.3 Å². The molecule has 1 amide bonds. The van der Waals surface area contributed by atoms with Crippen molar-refractivity contribution in [3.8, 4) is 0 Å². The Balaban J connectivity index is 2.54. The van der Waals surface area contributed by atoms with Crippen molar-refractivity contribution in [2.24, 2.45) is 5.73 Å². The fraction of sp³-hybridized carbons (Fsp3) is 0.583. The summed E-state index contributed by atoms with van der Waals surface area (Å²) in [7, 11) is 0. The third kappa shape index (κ3) is 4.75. The van der Waals surface area contributed by atoms with E-state index in [1.807, 2.05) is 39.1 Å². The molecule has 0 aliphatic rings. The van der Waals surface area contributed by atoms with Gasteiger partial charge in [0.2, 0.25) is 0 Å². The summed E-state index contributed by atoms with van der Waals surface area (Å²) in [5.74, 6) is 0. The molecule has 0 spiro atoms. The van der Waals surface area contributed by atoms with Crippen molar-refractivity contribution in [3.63, 3.8) is 0 Å². The zero-order valence-electron chi connectivity index (χ0n) is 10.7. The van der Waals surface area contributed by atoms with Crippen molar-refractivity contribution in [2.45, 2.75) is 45.9 Å². The molecular weight excluding hydrogens is 236 g/mol. The highest BCUT2D eigenvalue weighted by Gasteiger charge is 2.18. The highest BCUT2D eigenvalue weighted by Crippen LogP contribution is 2.20. The smallest absolute Gasteiger partial charge is 0.408 e.